The maximum absolute atomic E-state index is 2.46. The number of likely N-dealkylation sites (tertiary alicyclic amines) is 1. The molecule has 1 aliphatic heterocycles. The first-order valence-electron chi connectivity index (χ1n) is 7.33. The van der Waals surface area contributed by atoms with Crippen LogP contribution in [0.1, 0.15) is 23.5 Å². The van der Waals surface area contributed by atoms with E-state index in [1.54, 1.807) is 0 Å². The lowest BCUT2D eigenvalue weighted by molar-refractivity contribution is 0.347. The maximum atomic E-state index is 2.46. The average Bonchev–Trinajstić information content (AvgIpc) is 2.88. The summed E-state index contributed by atoms with van der Waals surface area (Å²) in [4.78, 5) is 2.46. The third-order valence-corrected chi connectivity index (χ3v) is 4.23. The van der Waals surface area contributed by atoms with Crippen LogP contribution in [0.5, 0.6) is 0 Å². The highest BCUT2D eigenvalue weighted by Gasteiger charge is 2.30. The largest absolute Gasteiger partial charge is 0.299 e. The molecule has 1 fully saturated rings. The fraction of sp³-hybridized carbons (Fsp3) is 0.263. The van der Waals surface area contributed by atoms with Gasteiger partial charge in [0.05, 0.1) is 0 Å². The summed E-state index contributed by atoms with van der Waals surface area (Å²) in [5.41, 5.74) is 2.74. The highest BCUT2D eigenvalue weighted by Crippen LogP contribution is 2.33. The lowest BCUT2D eigenvalue weighted by Gasteiger charge is -2.22. The molecule has 1 heterocycles. The molecule has 1 aliphatic rings. The van der Waals surface area contributed by atoms with Crippen molar-refractivity contribution in [1.82, 2.24) is 4.90 Å². The molecular weight excluding hydrogens is 242 g/mol. The van der Waals surface area contributed by atoms with Crippen molar-refractivity contribution in [1.29, 1.82) is 0 Å². The Kier molecular flexibility index (Phi) is 3.98. The van der Waals surface area contributed by atoms with Crippen molar-refractivity contribution >= 4 is 6.08 Å². The Morgan fingerprint density at radius 3 is 2.30 bits per heavy atom. The second-order valence-electron chi connectivity index (χ2n) is 5.55. The van der Waals surface area contributed by atoms with Gasteiger partial charge in [0.25, 0.3) is 0 Å². The van der Waals surface area contributed by atoms with Crippen LogP contribution in [0.2, 0.25) is 0 Å². The van der Waals surface area contributed by atoms with Crippen LogP contribution in [0.15, 0.2) is 66.7 Å². The van der Waals surface area contributed by atoms with Gasteiger partial charge in [0, 0.05) is 12.0 Å². The molecule has 1 saturated heterocycles. The van der Waals surface area contributed by atoms with E-state index in [9.17, 15) is 0 Å². The van der Waals surface area contributed by atoms with E-state index in [1.165, 1.54) is 24.1 Å². The Morgan fingerprint density at radius 2 is 1.60 bits per heavy atom. The zero-order valence-electron chi connectivity index (χ0n) is 11.9. The fourth-order valence-electron chi connectivity index (χ4n) is 3.09. The second kappa shape index (κ2) is 6.06. The molecule has 2 unspecified atom stereocenters. The normalized spacial score (nSPS) is 23.4. The van der Waals surface area contributed by atoms with Crippen molar-refractivity contribution in [2.75, 3.05) is 13.6 Å². The van der Waals surface area contributed by atoms with Gasteiger partial charge in [-0.2, -0.15) is 0 Å². The van der Waals surface area contributed by atoms with E-state index in [4.69, 9.17) is 0 Å². The number of hydrogen-bond acceptors (Lipinski definition) is 1. The summed E-state index contributed by atoms with van der Waals surface area (Å²) in [6.07, 6.45) is 5.85. The predicted molar refractivity (Wildman–Crippen MR) is 85.7 cm³/mol. The molecule has 102 valence electrons. The van der Waals surface area contributed by atoms with Crippen LogP contribution in [0, 0.1) is 0 Å². The van der Waals surface area contributed by atoms with E-state index in [0.717, 1.165) is 0 Å². The van der Waals surface area contributed by atoms with Crippen LogP contribution >= 0.6 is 0 Å². The molecule has 0 radical (unpaired) electrons. The summed E-state index contributed by atoms with van der Waals surface area (Å²) in [6, 6.07) is 21.9. The molecule has 0 spiro atoms. The van der Waals surface area contributed by atoms with E-state index < -0.39 is 0 Å². The van der Waals surface area contributed by atoms with Crippen LogP contribution in [0.4, 0.5) is 0 Å². The Labute approximate surface area is 121 Å². The summed E-state index contributed by atoms with van der Waals surface area (Å²) in [7, 11) is 2.23. The minimum Gasteiger partial charge on any atom is -0.299 e. The van der Waals surface area contributed by atoms with Gasteiger partial charge in [-0.05, 0) is 31.1 Å². The Bertz CT molecular complexity index is 559. The minimum absolute atomic E-state index is 0.498. The molecular formula is C19H21N. The molecule has 2 aromatic carbocycles. The van der Waals surface area contributed by atoms with Crippen molar-refractivity contribution in [3.8, 4) is 0 Å². The Balaban J connectivity index is 1.81. The van der Waals surface area contributed by atoms with E-state index in [2.05, 4.69) is 84.8 Å². The quantitative estimate of drug-likeness (QED) is 0.802. The summed E-state index contributed by atoms with van der Waals surface area (Å²) in [5.74, 6) is 0.612. The summed E-state index contributed by atoms with van der Waals surface area (Å²) < 4.78 is 0. The first-order valence-corrected chi connectivity index (χ1v) is 7.33. The average molecular weight is 263 g/mol. The van der Waals surface area contributed by atoms with Crippen molar-refractivity contribution < 1.29 is 0 Å². The van der Waals surface area contributed by atoms with Crippen molar-refractivity contribution in [2.45, 2.75) is 18.4 Å². The predicted octanol–water partition coefficient (Wildman–Crippen LogP) is 4.19. The number of hydrogen-bond donors (Lipinski definition) is 0. The molecule has 0 amide bonds. The minimum atomic E-state index is 0.498. The van der Waals surface area contributed by atoms with Crippen LogP contribution in [-0.4, -0.2) is 24.5 Å². The zero-order chi connectivity index (χ0) is 13.8. The molecule has 0 bridgehead atoms. The van der Waals surface area contributed by atoms with E-state index in [1.807, 2.05) is 0 Å². The molecule has 1 heteroatoms. The van der Waals surface area contributed by atoms with Crippen molar-refractivity contribution in [3.05, 3.63) is 77.9 Å². The molecule has 2 aromatic rings. The Morgan fingerprint density at radius 1 is 0.950 bits per heavy atom. The lowest BCUT2D eigenvalue weighted by atomic mass is 9.91. The van der Waals surface area contributed by atoms with Crippen LogP contribution in [-0.2, 0) is 0 Å². The molecule has 3 rings (SSSR count). The van der Waals surface area contributed by atoms with E-state index in [0.29, 0.717) is 12.0 Å². The fourth-order valence-corrected chi connectivity index (χ4v) is 3.09. The summed E-state index contributed by atoms with van der Waals surface area (Å²) in [5, 5.41) is 0. The van der Waals surface area contributed by atoms with Gasteiger partial charge in [0.2, 0.25) is 0 Å². The van der Waals surface area contributed by atoms with Gasteiger partial charge in [-0.1, -0.05) is 72.8 Å². The molecule has 0 N–H and O–H groups in total. The van der Waals surface area contributed by atoms with Gasteiger partial charge in [0.1, 0.15) is 0 Å². The molecule has 20 heavy (non-hydrogen) atoms. The second-order valence-corrected chi connectivity index (χ2v) is 5.55. The van der Waals surface area contributed by atoms with E-state index in [-0.39, 0.29) is 0 Å². The third kappa shape index (κ3) is 2.83. The Hall–Kier alpha value is -1.86. The lowest BCUT2D eigenvalue weighted by Crippen LogP contribution is -2.26. The van der Waals surface area contributed by atoms with Crippen LogP contribution in [0.25, 0.3) is 6.08 Å². The highest BCUT2D eigenvalue weighted by molar-refractivity contribution is 5.50. The first-order chi connectivity index (χ1) is 9.84. The smallest absolute Gasteiger partial charge is 0.0347 e. The highest BCUT2D eigenvalue weighted by atomic mass is 15.1. The summed E-state index contributed by atoms with van der Waals surface area (Å²) >= 11 is 0. The first kappa shape index (κ1) is 13.1. The molecule has 1 nitrogen and oxygen atoms in total. The standard InChI is InChI=1S/C19H21N/c1-20-15-14-18(17-10-6-3-7-11-17)19(20)13-12-16-8-4-2-5-9-16/h2-13,18-19H,14-15H2,1H3/b13-12+. The van der Waals surface area contributed by atoms with Gasteiger partial charge in [-0.25, -0.2) is 0 Å². The van der Waals surface area contributed by atoms with Crippen molar-refractivity contribution in [3.63, 3.8) is 0 Å². The van der Waals surface area contributed by atoms with E-state index >= 15 is 0 Å². The molecule has 0 aromatic heterocycles. The monoisotopic (exact) mass is 263 g/mol. The number of likely N-dealkylation sites (N-methyl/N-ethyl adjacent to an activating group) is 1. The molecule has 0 aliphatic carbocycles. The van der Waals surface area contributed by atoms with Gasteiger partial charge < -0.3 is 0 Å². The van der Waals surface area contributed by atoms with Crippen LogP contribution in [0.3, 0.4) is 0 Å². The molecule has 0 saturated carbocycles. The summed E-state index contributed by atoms with van der Waals surface area (Å²) in [6.45, 7) is 1.17. The van der Waals surface area contributed by atoms with Gasteiger partial charge in [0.15, 0.2) is 0 Å². The van der Waals surface area contributed by atoms with Crippen LogP contribution < -0.4 is 0 Å². The number of benzene rings is 2. The zero-order valence-corrected chi connectivity index (χ0v) is 11.9. The number of rotatable bonds is 3. The number of nitrogens with zero attached hydrogens (tertiary/aromatic N) is 1. The van der Waals surface area contributed by atoms with Gasteiger partial charge >= 0.3 is 0 Å². The molecule has 2 atom stereocenters. The maximum Gasteiger partial charge on any atom is 0.0347 e. The van der Waals surface area contributed by atoms with Crippen molar-refractivity contribution in [2.24, 2.45) is 0 Å². The SMILES string of the molecule is CN1CCC(c2ccccc2)C1/C=C/c1ccccc1. The third-order valence-electron chi connectivity index (χ3n) is 4.23. The van der Waals surface area contributed by atoms with Gasteiger partial charge in [-0.15, -0.1) is 0 Å². The topological polar surface area (TPSA) is 3.24 Å². The van der Waals surface area contributed by atoms with Gasteiger partial charge in [-0.3, -0.25) is 4.90 Å².